The van der Waals surface area contributed by atoms with Gasteiger partial charge in [-0.1, -0.05) is 6.07 Å². The van der Waals surface area contributed by atoms with Gasteiger partial charge in [-0.2, -0.15) is 0 Å². The molecule has 0 aliphatic rings. The van der Waals surface area contributed by atoms with Gasteiger partial charge in [0.1, 0.15) is 11.6 Å². The molecular formula is C15H15F2N3O. The van der Waals surface area contributed by atoms with E-state index < -0.39 is 17.7 Å². The van der Waals surface area contributed by atoms with E-state index in [4.69, 9.17) is 5.73 Å². The average Bonchev–Trinajstić information content (AvgIpc) is 2.41. The monoisotopic (exact) mass is 291 g/mol. The van der Waals surface area contributed by atoms with Gasteiger partial charge in [-0.05, 0) is 31.2 Å². The molecule has 1 aromatic heterocycles. The van der Waals surface area contributed by atoms with Crippen LogP contribution in [0, 0.1) is 11.6 Å². The van der Waals surface area contributed by atoms with Crippen molar-refractivity contribution in [2.45, 2.75) is 19.4 Å². The Kier molecular flexibility index (Phi) is 4.47. The fraction of sp³-hybridized carbons (Fsp3) is 0.200. The number of halogens is 2. The van der Waals surface area contributed by atoms with E-state index in [-0.39, 0.29) is 17.9 Å². The minimum absolute atomic E-state index is 0.0146. The summed E-state index contributed by atoms with van der Waals surface area (Å²) in [5.41, 5.74) is 6.38. The molecule has 21 heavy (non-hydrogen) atoms. The van der Waals surface area contributed by atoms with E-state index in [2.05, 4.69) is 10.3 Å². The zero-order valence-corrected chi connectivity index (χ0v) is 11.4. The molecule has 0 aliphatic carbocycles. The second-order valence-corrected chi connectivity index (χ2v) is 4.68. The van der Waals surface area contributed by atoms with Gasteiger partial charge in [-0.15, -0.1) is 0 Å². The minimum atomic E-state index is -0.771. The van der Waals surface area contributed by atoms with Crippen molar-refractivity contribution in [3.63, 3.8) is 0 Å². The first-order chi connectivity index (χ1) is 9.97. The maximum absolute atomic E-state index is 13.6. The first-order valence-corrected chi connectivity index (χ1v) is 6.41. The number of hydrogen-bond donors (Lipinski definition) is 2. The second kappa shape index (κ2) is 6.30. The quantitative estimate of drug-likeness (QED) is 0.908. The van der Waals surface area contributed by atoms with Crippen LogP contribution < -0.4 is 11.1 Å². The molecule has 1 unspecified atom stereocenters. The van der Waals surface area contributed by atoms with Gasteiger partial charge < -0.3 is 11.1 Å². The number of carbonyl (C=O) groups excluding carboxylic acids is 1. The zero-order valence-electron chi connectivity index (χ0n) is 11.4. The third-order valence-corrected chi connectivity index (χ3v) is 3.00. The summed E-state index contributed by atoms with van der Waals surface area (Å²) in [5, 5.41) is 2.55. The summed E-state index contributed by atoms with van der Waals surface area (Å²) in [6.07, 6.45) is 1.46. The molecular weight excluding hydrogens is 276 g/mol. The first-order valence-electron chi connectivity index (χ1n) is 6.41. The van der Waals surface area contributed by atoms with E-state index in [1.165, 1.54) is 19.2 Å². The Balaban J connectivity index is 2.04. The van der Waals surface area contributed by atoms with E-state index in [0.29, 0.717) is 11.4 Å². The zero-order chi connectivity index (χ0) is 15.4. The van der Waals surface area contributed by atoms with E-state index >= 15 is 0 Å². The summed E-state index contributed by atoms with van der Waals surface area (Å²) in [7, 11) is 0. The summed E-state index contributed by atoms with van der Waals surface area (Å²) in [5.74, 6) is -1.75. The Labute approximate surface area is 121 Å². The van der Waals surface area contributed by atoms with E-state index in [1.54, 1.807) is 12.1 Å². The Morgan fingerprint density at radius 2 is 1.95 bits per heavy atom. The molecule has 0 fully saturated rings. The largest absolute Gasteiger partial charge is 0.397 e. The van der Waals surface area contributed by atoms with Crippen molar-refractivity contribution < 1.29 is 13.6 Å². The fourth-order valence-corrected chi connectivity index (χ4v) is 1.99. The number of anilines is 1. The number of pyridine rings is 1. The van der Waals surface area contributed by atoms with Gasteiger partial charge in [0.05, 0.1) is 24.3 Å². The van der Waals surface area contributed by atoms with Crippen LogP contribution in [0.25, 0.3) is 0 Å². The van der Waals surface area contributed by atoms with Gasteiger partial charge in [0.25, 0.3) is 0 Å². The molecule has 1 aromatic carbocycles. The summed E-state index contributed by atoms with van der Waals surface area (Å²) >= 11 is 0. The molecule has 0 saturated carbocycles. The Hall–Kier alpha value is -2.50. The first kappa shape index (κ1) is 14.9. The van der Waals surface area contributed by atoms with Gasteiger partial charge >= 0.3 is 0 Å². The summed E-state index contributed by atoms with van der Waals surface area (Å²) < 4.78 is 27.2. The summed E-state index contributed by atoms with van der Waals surface area (Å²) in [6, 6.07) is 6.08. The Morgan fingerprint density at radius 3 is 2.52 bits per heavy atom. The maximum atomic E-state index is 13.6. The van der Waals surface area contributed by atoms with Crippen LogP contribution in [0.4, 0.5) is 14.5 Å². The lowest BCUT2D eigenvalue weighted by Crippen LogP contribution is -2.29. The van der Waals surface area contributed by atoms with Crippen LogP contribution in [0.5, 0.6) is 0 Å². The van der Waals surface area contributed by atoms with Crippen LogP contribution >= 0.6 is 0 Å². The molecule has 1 heterocycles. The van der Waals surface area contributed by atoms with Gasteiger partial charge in [0, 0.05) is 11.3 Å². The maximum Gasteiger partial charge on any atom is 0.226 e. The Bertz CT molecular complexity index is 624. The van der Waals surface area contributed by atoms with Crippen LogP contribution in [0.15, 0.2) is 36.5 Å². The van der Waals surface area contributed by atoms with E-state index in [1.807, 2.05) is 0 Å². The summed E-state index contributed by atoms with van der Waals surface area (Å²) in [4.78, 5) is 15.9. The number of rotatable bonds is 4. The van der Waals surface area contributed by atoms with Crippen LogP contribution in [0.3, 0.4) is 0 Å². The van der Waals surface area contributed by atoms with Crippen molar-refractivity contribution in [1.29, 1.82) is 0 Å². The highest BCUT2D eigenvalue weighted by Crippen LogP contribution is 2.20. The molecule has 0 bridgehead atoms. The van der Waals surface area contributed by atoms with Crippen LogP contribution in [-0.4, -0.2) is 10.9 Å². The van der Waals surface area contributed by atoms with Crippen LogP contribution in [0.1, 0.15) is 24.2 Å². The van der Waals surface area contributed by atoms with Crippen molar-refractivity contribution in [1.82, 2.24) is 10.3 Å². The van der Waals surface area contributed by atoms with Crippen molar-refractivity contribution in [3.05, 3.63) is 59.4 Å². The van der Waals surface area contributed by atoms with Crippen LogP contribution in [-0.2, 0) is 11.2 Å². The lowest BCUT2D eigenvalue weighted by atomic mass is 10.1. The number of hydrogen-bond acceptors (Lipinski definition) is 3. The van der Waals surface area contributed by atoms with Gasteiger partial charge in [-0.25, -0.2) is 8.78 Å². The SMILES string of the molecule is CC(NC(=O)Cc1ccc(N)cn1)c1c(F)cccc1F. The number of carbonyl (C=O) groups is 1. The molecule has 2 aromatic rings. The highest BCUT2D eigenvalue weighted by molar-refractivity contribution is 5.78. The Morgan fingerprint density at radius 1 is 1.29 bits per heavy atom. The number of nitrogen functional groups attached to an aromatic ring is 1. The molecule has 2 rings (SSSR count). The van der Waals surface area contributed by atoms with Crippen molar-refractivity contribution in [3.8, 4) is 0 Å². The van der Waals surface area contributed by atoms with Crippen molar-refractivity contribution in [2.24, 2.45) is 0 Å². The third kappa shape index (κ3) is 3.75. The number of aromatic nitrogens is 1. The summed E-state index contributed by atoms with van der Waals surface area (Å²) in [6.45, 7) is 1.52. The number of nitrogens with one attached hydrogen (secondary N) is 1. The standard InChI is InChI=1S/C15H15F2N3O/c1-9(15-12(16)3-2-4-13(15)17)20-14(21)7-11-6-5-10(18)8-19-11/h2-6,8-9H,7,18H2,1H3,(H,20,21). The minimum Gasteiger partial charge on any atom is -0.397 e. The number of amides is 1. The molecule has 1 amide bonds. The molecule has 0 aliphatic heterocycles. The topological polar surface area (TPSA) is 68.0 Å². The molecule has 0 spiro atoms. The smallest absolute Gasteiger partial charge is 0.226 e. The normalized spacial score (nSPS) is 12.0. The number of benzene rings is 1. The predicted molar refractivity (Wildman–Crippen MR) is 75.3 cm³/mol. The average molecular weight is 291 g/mol. The van der Waals surface area contributed by atoms with Gasteiger partial charge in [0.15, 0.2) is 0 Å². The molecule has 0 radical (unpaired) electrons. The van der Waals surface area contributed by atoms with Gasteiger partial charge in [-0.3, -0.25) is 9.78 Å². The van der Waals surface area contributed by atoms with Crippen molar-refractivity contribution in [2.75, 3.05) is 5.73 Å². The second-order valence-electron chi connectivity index (χ2n) is 4.68. The molecule has 3 N–H and O–H groups in total. The highest BCUT2D eigenvalue weighted by atomic mass is 19.1. The number of nitrogens with zero attached hydrogens (tertiary/aromatic N) is 1. The van der Waals surface area contributed by atoms with E-state index in [9.17, 15) is 13.6 Å². The molecule has 4 nitrogen and oxygen atoms in total. The molecule has 1 atom stereocenters. The third-order valence-electron chi connectivity index (χ3n) is 3.00. The number of nitrogens with two attached hydrogens (primary N) is 1. The lowest BCUT2D eigenvalue weighted by molar-refractivity contribution is -0.121. The van der Waals surface area contributed by atoms with Crippen molar-refractivity contribution >= 4 is 11.6 Å². The van der Waals surface area contributed by atoms with E-state index in [0.717, 1.165) is 12.1 Å². The lowest BCUT2D eigenvalue weighted by Gasteiger charge is -2.15. The fourth-order valence-electron chi connectivity index (χ4n) is 1.99. The van der Waals surface area contributed by atoms with Crippen LogP contribution in [0.2, 0.25) is 0 Å². The highest BCUT2D eigenvalue weighted by Gasteiger charge is 2.18. The molecule has 0 saturated heterocycles. The molecule has 110 valence electrons. The van der Waals surface area contributed by atoms with Gasteiger partial charge in [0.2, 0.25) is 5.91 Å². The molecule has 6 heteroatoms. The predicted octanol–water partition coefficient (Wildman–Crippen LogP) is 2.36.